The number of hydrogen-bond donors (Lipinski definition) is 1. The Morgan fingerprint density at radius 2 is 1.79 bits per heavy atom. The Hall–Kier alpha value is -1.81. The van der Waals surface area contributed by atoms with E-state index in [0.717, 1.165) is 36.1 Å². The maximum Gasteiger partial charge on any atom is 0.188 e. The fourth-order valence-electron chi connectivity index (χ4n) is 3.65. The Morgan fingerprint density at radius 3 is 2.38 bits per heavy atom. The van der Waals surface area contributed by atoms with Crippen molar-refractivity contribution in [1.29, 1.82) is 0 Å². The van der Waals surface area contributed by atoms with Crippen LogP contribution >= 0.6 is 8.58 Å². The molecule has 0 spiro atoms. The lowest BCUT2D eigenvalue weighted by Gasteiger charge is -2.36. The highest BCUT2D eigenvalue weighted by molar-refractivity contribution is 7.48. The minimum atomic E-state index is -0.176. The Bertz CT molecular complexity index is 780. The Balaban J connectivity index is 2.69. The summed E-state index contributed by atoms with van der Waals surface area (Å²) < 4.78 is 22.4. The van der Waals surface area contributed by atoms with Crippen molar-refractivity contribution in [3.05, 3.63) is 47.5 Å². The van der Waals surface area contributed by atoms with E-state index >= 15 is 0 Å². The van der Waals surface area contributed by atoms with Crippen molar-refractivity contribution in [2.45, 2.75) is 44.9 Å². The normalized spacial score (nSPS) is 13.4. The number of ether oxygens (including phenoxy) is 4. The topological polar surface area (TPSA) is 57.2 Å². The number of aliphatic hydroxyl groups excluding tert-OH is 1. The molecule has 2 aromatic carbocycles. The highest BCUT2D eigenvalue weighted by Gasteiger charge is 2.35. The van der Waals surface area contributed by atoms with Crippen molar-refractivity contribution >= 4 is 13.9 Å². The molecule has 0 heterocycles. The minimum Gasteiger partial charge on any atom is -0.497 e. The van der Waals surface area contributed by atoms with Gasteiger partial charge in [-0.3, -0.25) is 0 Å². The number of rotatable bonds is 12. The standard InChI is InChI=1S/C23H33O5P/c1-6-12-23(7-2,29-21-11-9-8-10-17(21)15-24)19-13-18(26-4)14-20(27-5)22(19)28-16-25-3/h8-11,13-14,24,29H,6-7,12,15-16H2,1-5H3. The van der Waals surface area contributed by atoms with Gasteiger partial charge in [-0.2, -0.15) is 0 Å². The van der Waals surface area contributed by atoms with Gasteiger partial charge in [0, 0.05) is 23.9 Å². The van der Waals surface area contributed by atoms with Gasteiger partial charge in [-0.15, -0.1) is 0 Å². The second-order valence-corrected chi connectivity index (χ2v) is 8.63. The summed E-state index contributed by atoms with van der Waals surface area (Å²) in [6.45, 7) is 4.57. The highest BCUT2D eigenvalue weighted by atomic mass is 31.1. The van der Waals surface area contributed by atoms with Gasteiger partial charge in [-0.25, -0.2) is 0 Å². The van der Waals surface area contributed by atoms with Crippen LogP contribution in [0.2, 0.25) is 0 Å². The lowest BCUT2D eigenvalue weighted by atomic mass is 9.89. The van der Waals surface area contributed by atoms with E-state index in [-0.39, 0.29) is 18.6 Å². The summed E-state index contributed by atoms with van der Waals surface area (Å²) in [5.74, 6) is 2.06. The SMILES string of the molecule is CCCC(CC)(Pc1ccccc1CO)c1cc(OC)cc(OC)c1OCOC. The van der Waals surface area contributed by atoms with E-state index < -0.39 is 0 Å². The second kappa shape index (κ2) is 11.4. The van der Waals surface area contributed by atoms with Crippen LogP contribution in [0.25, 0.3) is 0 Å². The van der Waals surface area contributed by atoms with Crippen LogP contribution in [0.1, 0.15) is 44.2 Å². The zero-order valence-corrected chi connectivity index (χ0v) is 19.1. The van der Waals surface area contributed by atoms with E-state index in [1.165, 1.54) is 5.30 Å². The summed E-state index contributed by atoms with van der Waals surface area (Å²) in [7, 11) is 5.36. The molecule has 6 heteroatoms. The lowest BCUT2D eigenvalue weighted by Crippen LogP contribution is -2.25. The van der Waals surface area contributed by atoms with Crippen LogP contribution in [0.3, 0.4) is 0 Å². The molecule has 0 radical (unpaired) electrons. The number of aliphatic hydroxyl groups is 1. The summed E-state index contributed by atoms with van der Waals surface area (Å²) in [4.78, 5) is 0. The van der Waals surface area contributed by atoms with Crippen molar-refractivity contribution in [1.82, 2.24) is 0 Å². The zero-order valence-electron chi connectivity index (χ0n) is 18.1. The molecule has 0 bridgehead atoms. The molecule has 2 atom stereocenters. The molecular formula is C23H33O5P. The molecule has 0 aliphatic carbocycles. The van der Waals surface area contributed by atoms with Gasteiger partial charge in [0.25, 0.3) is 0 Å². The first kappa shape index (κ1) is 23.5. The van der Waals surface area contributed by atoms with Crippen molar-refractivity contribution in [3.63, 3.8) is 0 Å². The van der Waals surface area contributed by atoms with E-state index in [9.17, 15) is 5.11 Å². The van der Waals surface area contributed by atoms with Crippen molar-refractivity contribution in [2.75, 3.05) is 28.1 Å². The third-order valence-corrected chi connectivity index (χ3v) is 7.27. The Morgan fingerprint density at radius 1 is 1.03 bits per heavy atom. The van der Waals surface area contributed by atoms with Crippen LogP contribution in [0.15, 0.2) is 36.4 Å². The third kappa shape index (κ3) is 5.42. The lowest BCUT2D eigenvalue weighted by molar-refractivity contribution is 0.0478. The maximum atomic E-state index is 9.85. The largest absolute Gasteiger partial charge is 0.497 e. The average molecular weight is 420 g/mol. The van der Waals surface area contributed by atoms with Gasteiger partial charge >= 0.3 is 0 Å². The quantitative estimate of drug-likeness (QED) is 0.402. The van der Waals surface area contributed by atoms with Crippen molar-refractivity contribution in [2.24, 2.45) is 0 Å². The molecule has 2 aromatic rings. The molecule has 0 amide bonds. The summed E-state index contributed by atoms with van der Waals surface area (Å²) in [6, 6.07) is 12.0. The van der Waals surface area contributed by atoms with E-state index in [0.29, 0.717) is 20.1 Å². The van der Waals surface area contributed by atoms with Crippen LogP contribution in [-0.4, -0.2) is 33.2 Å². The summed E-state index contributed by atoms with van der Waals surface area (Å²) in [6.07, 6.45) is 2.91. The highest BCUT2D eigenvalue weighted by Crippen LogP contribution is 2.54. The summed E-state index contributed by atoms with van der Waals surface area (Å²) >= 11 is 0. The van der Waals surface area contributed by atoms with Gasteiger partial charge in [0.2, 0.25) is 0 Å². The van der Waals surface area contributed by atoms with E-state index in [1.54, 1.807) is 21.3 Å². The fourth-order valence-corrected chi connectivity index (χ4v) is 5.54. The molecule has 2 unspecified atom stereocenters. The second-order valence-electron chi connectivity index (χ2n) is 6.88. The third-order valence-electron chi connectivity index (χ3n) is 5.16. The first-order chi connectivity index (χ1) is 14.1. The van der Waals surface area contributed by atoms with E-state index in [4.69, 9.17) is 18.9 Å². The van der Waals surface area contributed by atoms with Crippen LogP contribution < -0.4 is 19.5 Å². The predicted molar refractivity (Wildman–Crippen MR) is 119 cm³/mol. The van der Waals surface area contributed by atoms with E-state index in [1.807, 2.05) is 24.3 Å². The summed E-state index contributed by atoms with van der Waals surface area (Å²) in [5, 5.41) is 10.8. The average Bonchev–Trinajstić information content (AvgIpc) is 2.77. The van der Waals surface area contributed by atoms with Gasteiger partial charge in [0.05, 0.1) is 20.8 Å². The first-order valence-corrected chi connectivity index (χ1v) is 10.9. The fraction of sp³-hybridized carbons (Fsp3) is 0.478. The molecule has 0 aliphatic rings. The molecule has 0 aliphatic heterocycles. The van der Waals surface area contributed by atoms with Crippen LogP contribution in [0, 0.1) is 0 Å². The molecule has 2 rings (SSSR count). The molecular weight excluding hydrogens is 387 g/mol. The van der Waals surface area contributed by atoms with Gasteiger partial charge < -0.3 is 24.1 Å². The van der Waals surface area contributed by atoms with Crippen LogP contribution in [0.4, 0.5) is 0 Å². The predicted octanol–water partition coefficient (Wildman–Crippen LogP) is 4.59. The maximum absolute atomic E-state index is 9.85. The molecule has 0 saturated carbocycles. The van der Waals surface area contributed by atoms with Gasteiger partial charge in [0.15, 0.2) is 18.3 Å². The number of hydrogen-bond acceptors (Lipinski definition) is 5. The smallest absolute Gasteiger partial charge is 0.188 e. The first-order valence-electron chi connectivity index (χ1n) is 9.94. The molecule has 5 nitrogen and oxygen atoms in total. The van der Waals surface area contributed by atoms with Crippen molar-refractivity contribution in [3.8, 4) is 17.2 Å². The van der Waals surface area contributed by atoms with E-state index in [2.05, 4.69) is 26.0 Å². The van der Waals surface area contributed by atoms with Crippen LogP contribution in [-0.2, 0) is 16.5 Å². The van der Waals surface area contributed by atoms with Gasteiger partial charge in [0.1, 0.15) is 5.75 Å². The molecule has 0 aromatic heterocycles. The van der Waals surface area contributed by atoms with Gasteiger partial charge in [-0.1, -0.05) is 53.1 Å². The summed E-state index contributed by atoms with van der Waals surface area (Å²) in [5.41, 5.74) is 2.02. The minimum absolute atomic E-state index is 0.0313. The molecule has 0 fully saturated rings. The van der Waals surface area contributed by atoms with Crippen LogP contribution in [0.5, 0.6) is 17.2 Å². The van der Waals surface area contributed by atoms with Gasteiger partial charge in [-0.05, 0) is 29.8 Å². The molecule has 0 saturated heterocycles. The monoisotopic (exact) mass is 420 g/mol. The number of methoxy groups -OCH3 is 3. The molecule has 160 valence electrons. The Kier molecular flexibility index (Phi) is 9.22. The number of benzene rings is 2. The zero-order chi connectivity index (χ0) is 21.3. The molecule has 29 heavy (non-hydrogen) atoms. The Labute approximate surface area is 176 Å². The molecule has 1 N–H and O–H groups in total. The van der Waals surface area contributed by atoms with Crippen molar-refractivity contribution < 1.29 is 24.1 Å².